The zero-order valence-electron chi connectivity index (χ0n) is 8.66. The summed E-state index contributed by atoms with van der Waals surface area (Å²) < 4.78 is 36.4. The molecule has 2 rings (SSSR count). The van der Waals surface area contributed by atoms with E-state index in [-0.39, 0.29) is 16.7 Å². The number of rotatable bonds is 2. The van der Waals surface area contributed by atoms with Crippen molar-refractivity contribution in [1.82, 2.24) is 0 Å². The lowest BCUT2D eigenvalue weighted by molar-refractivity contribution is -0.0328. The summed E-state index contributed by atoms with van der Waals surface area (Å²) >= 11 is -0.102. The van der Waals surface area contributed by atoms with E-state index in [1.807, 2.05) is 12.1 Å². The zero-order valence-corrected chi connectivity index (χ0v) is 9.48. The molecule has 1 radical (unpaired) electrons. The minimum absolute atomic E-state index is 0.102. The van der Waals surface area contributed by atoms with Crippen molar-refractivity contribution in [3.8, 4) is 11.1 Å². The highest BCUT2D eigenvalue weighted by molar-refractivity contribution is 8.00. The van der Waals surface area contributed by atoms with E-state index in [2.05, 4.69) is 6.07 Å². The summed E-state index contributed by atoms with van der Waals surface area (Å²) in [6.07, 6.45) is 0. The summed E-state index contributed by atoms with van der Waals surface area (Å²) in [4.78, 5) is 0.198. The summed E-state index contributed by atoms with van der Waals surface area (Å²) in [5, 5.41) is 0. The molecule has 2 aromatic rings. The van der Waals surface area contributed by atoms with Crippen LogP contribution in [0, 0.1) is 6.07 Å². The van der Waals surface area contributed by atoms with Crippen molar-refractivity contribution in [2.75, 3.05) is 0 Å². The second-order valence-corrected chi connectivity index (χ2v) is 4.50. The Morgan fingerprint density at radius 1 is 0.824 bits per heavy atom. The molecule has 0 aromatic heterocycles. The van der Waals surface area contributed by atoms with Gasteiger partial charge in [-0.05, 0) is 41.1 Å². The summed E-state index contributed by atoms with van der Waals surface area (Å²) in [6, 6.07) is 16.5. The zero-order chi connectivity index (χ0) is 12.3. The van der Waals surface area contributed by atoms with Crippen LogP contribution in [0.5, 0.6) is 0 Å². The predicted molar refractivity (Wildman–Crippen MR) is 62.6 cm³/mol. The monoisotopic (exact) mass is 253 g/mol. The van der Waals surface area contributed by atoms with Gasteiger partial charge in [0.25, 0.3) is 0 Å². The van der Waals surface area contributed by atoms with Gasteiger partial charge in [-0.2, -0.15) is 13.2 Å². The van der Waals surface area contributed by atoms with Gasteiger partial charge in [-0.1, -0.05) is 36.4 Å². The van der Waals surface area contributed by atoms with Crippen LogP contribution in [0.4, 0.5) is 13.2 Å². The van der Waals surface area contributed by atoms with Crippen LogP contribution in [0.25, 0.3) is 11.1 Å². The smallest absolute Gasteiger partial charge is 0.160 e. The van der Waals surface area contributed by atoms with Gasteiger partial charge in [0, 0.05) is 4.90 Å². The molecule has 0 heterocycles. The highest BCUT2D eigenvalue weighted by Gasteiger charge is 2.28. The van der Waals surface area contributed by atoms with Crippen molar-refractivity contribution in [2.24, 2.45) is 0 Å². The van der Waals surface area contributed by atoms with Crippen molar-refractivity contribution in [3.63, 3.8) is 0 Å². The SMILES string of the molecule is FC(F)(F)Sc1ccc(-c2cc[c]cc2)cc1. The summed E-state index contributed by atoms with van der Waals surface area (Å²) in [6.45, 7) is 0. The molecule has 0 N–H and O–H groups in total. The normalized spacial score (nSPS) is 11.5. The molecule has 0 saturated heterocycles. The van der Waals surface area contributed by atoms with Crippen molar-refractivity contribution in [2.45, 2.75) is 10.4 Å². The molecule has 87 valence electrons. The van der Waals surface area contributed by atoms with E-state index in [1.165, 1.54) is 12.1 Å². The predicted octanol–water partition coefficient (Wildman–Crippen LogP) is 4.77. The van der Waals surface area contributed by atoms with Gasteiger partial charge in [-0.25, -0.2) is 0 Å². The fraction of sp³-hybridized carbons (Fsp3) is 0.0769. The first kappa shape index (κ1) is 12.0. The number of alkyl halides is 3. The maximum atomic E-state index is 12.1. The maximum Gasteiger partial charge on any atom is 0.446 e. The van der Waals surface area contributed by atoms with Crippen LogP contribution in [0.2, 0.25) is 0 Å². The Balaban J connectivity index is 2.19. The number of hydrogen-bond acceptors (Lipinski definition) is 1. The van der Waals surface area contributed by atoms with Crippen LogP contribution in [0.15, 0.2) is 53.4 Å². The molecule has 0 fully saturated rings. The van der Waals surface area contributed by atoms with Gasteiger partial charge in [0.2, 0.25) is 0 Å². The molecule has 0 spiro atoms. The fourth-order valence-electron chi connectivity index (χ4n) is 1.43. The van der Waals surface area contributed by atoms with Crippen molar-refractivity contribution in [3.05, 3.63) is 54.6 Å². The van der Waals surface area contributed by atoms with Crippen LogP contribution < -0.4 is 0 Å². The maximum absolute atomic E-state index is 12.1. The first-order valence-corrected chi connectivity index (χ1v) is 5.68. The highest BCUT2D eigenvalue weighted by atomic mass is 32.2. The number of benzene rings is 2. The largest absolute Gasteiger partial charge is 0.446 e. The van der Waals surface area contributed by atoms with Gasteiger partial charge in [0.15, 0.2) is 0 Å². The van der Waals surface area contributed by atoms with Gasteiger partial charge in [0.1, 0.15) is 0 Å². The van der Waals surface area contributed by atoms with E-state index < -0.39 is 5.51 Å². The summed E-state index contributed by atoms with van der Waals surface area (Å²) in [7, 11) is 0. The Bertz CT molecular complexity index is 474. The van der Waals surface area contributed by atoms with Gasteiger partial charge in [-0.3, -0.25) is 0 Å². The molecule has 0 aliphatic rings. The molecule has 0 amide bonds. The van der Waals surface area contributed by atoms with Crippen LogP contribution in [0.1, 0.15) is 0 Å². The van der Waals surface area contributed by atoms with E-state index >= 15 is 0 Å². The number of thioether (sulfide) groups is 1. The third kappa shape index (κ3) is 3.53. The third-order valence-corrected chi connectivity index (χ3v) is 2.88. The molecule has 0 saturated carbocycles. The fourth-order valence-corrected chi connectivity index (χ4v) is 1.97. The van der Waals surface area contributed by atoms with E-state index in [0.29, 0.717) is 0 Å². The molecule has 2 aromatic carbocycles. The van der Waals surface area contributed by atoms with Gasteiger partial charge in [0.05, 0.1) is 0 Å². The molecule has 0 unspecified atom stereocenters. The Morgan fingerprint density at radius 3 is 1.88 bits per heavy atom. The number of halogens is 3. The molecule has 0 nitrogen and oxygen atoms in total. The Kier molecular flexibility index (Phi) is 3.43. The lowest BCUT2D eigenvalue weighted by Gasteiger charge is -2.06. The van der Waals surface area contributed by atoms with Crippen LogP contribution >= 0.6 is 11.8 Å². The van der Waals surface area contributed by atoms with Gasteiger partial charge >= 0.3 is 5.51 Å². The van der Waals surface area contributed by atoms with E-state index in [0.717, 1.165) is 11.1 Å². The standard InChI is InChI=1S/C13H8F3S/c14-13(15,16)17-12-8-6-11(7-9-12)10-4-2-1-3-5-10/h2-9H. The lowest BCUT2D eigenvalue weighted by atomic mass is 10.1. The van der Waals surface area contributed by atoms with Crippen molar-refractivity contribution >= 4 is 11.8 Å². The highest BCUT2D eigenvalue weighted by Crippen LogP contribution is 2.37. The second-order valence-electron chi connectivity index (χ2n) is 3.36. The minimum atomic E-state index is -4.23. The summed E-state index contributed by atoms with van der Waals surface area (Å²) in [5.74, 6) is 0. The Hall–Kier alpha value is -1.42. The van der Waals surface area contributed by atoms with E-state index in [1.54, 1.807) is 24.3 Å². The lowest BCUT2D eigenvalue weighted by Crippen LogP contribution is -1.98. The molecule has 0 aliphatic heterocycles. The average Bonchev–Trinajstić information content (AvgIpc) is 2.29. The Morgan fingerprint density at radius 2 is 1.35 bits per heavy atom. The average molecular weight is 253 g/mol. The van der Waals surface area contributed by atoms with Crippen LogP contribution in [-0.2, 0) is 0 Å². The number of hydrogen-bond donors (Lipinski definition) is 0. The van der Waals surface area contributed by atoms with E-state index in [9.17, 15) is 13.2 Å². The quantitative estimate of drug-likeness (QED) is 0.695. The van der Waals surface area contributed by atoms with Crippen molar-refractivity contribution in [1.29, 1.82) is 0 Å². The third-order valence-electron chi connectivity index (χ3n) is 2.14. The van der Waals surface area contributed by atoms with Crippen LogP contribution in [0.3, 0.4) is 0 Å². The molecular weight excluding hydrogens is 245 g/mol. The summed E-state index contributed by atoms with van der Waals surface area (Å²) in [5.41, 5.74) is -2.37. The molecule has 0 atom stereocenters. The first-order chi connectivity index (χ1) is 8.04. The first-order valence-electron chi connectivity index (χ1n) is 4.87. The van der Waals surface area contributed by atoms with Gasteiger partial charge < -0.3 is 0 Å². The second kappa shape index (κ2) is 4.84. The molecule has 0 aliphatic carbocycles. The molecule has 0 bridgehead atoms. The van der Waals surface area contributed by atoms with Crippen LogP contribution in [-0.4, -0.2) is 5.51 Å². The minimum Gasteiger partial charge on any atom is -0.160 e. The van der Waals surface area contributed by atoms with E-state index in [4.69, 9.17) is 0 Å². The Labute approximate surface area is 101 Å². The topological polar surface area (TPSA) is 0 Å². The van der Waals surface area contributed by atoms with Crippen molar-refractivity contribution < 1.29 is 13.2 Å². The molecule has 4 heteroatoms. The molecular formula is C13H8F3S. The molecule has 17 heavy (non-hydrogen) atoms. The van der Waals surface area contributed by atoms with Gasteiger partial charge in [-0.15, -0.1) is 0 Å².